The van der Waals surface area contributed by atoms with Gasteiger partial charge in [-0.05, 0) is 26.4 Å². The highest BCUT2D eigenvalue weighted by Gasteiger charge is 2.11. The summed E-state index contributed by atoms with van der Waals surface area (Å²) < 4.78 is 5.04. The first-order valence-corrected chi connectivity index (χ1v) is 5.94. The Balaban J connectivity index is 1.94. The van der Waals surface area contributed by atoms with E-state index in [4.69, 9.17) is 4.74 Å². The first-order chi connectivity index (χ1) is 7.33. The predicted molar refractivity (Wildman–Crippen MR) is 63.3 cm³/mol. The standard InChI is InChI=1S/C11H25N3O/c1-14(8-9-15-2)7-6-13-11-4-3-5-12-10-11/h11-13H,3-10H2,1-2H3. The lowest BCUT2D eigenvalue weighted by Gasteiger charge is -2.25. The summed E-state index contributed by atoms with van der Waals surface area (Å²) in [4.78, 5) is 2.30. The third-order valence-corrected chi connectivity index (χ3v) is 2.90. The highest BCUT2D eigenvalue weighted by atomic mass is 16.5. The normalized spacial score (nSPS) is 22.2. The van der Waals surface area contributed by atoms with Gasteiger partial charge >= 0.3 is 0 Å². The lowest BCUT2D eigenvalue weighted by atomic mass is 10.1. The van der Waals surface area contributed by atoms with Gasteiger partial charge in [-0.3, -0.25) is 0 Å². The van der Waals surface area contributed by atoms with Gasteiger partial charge in [0.1, 0.15) is 0 Å². The average Bonchev–Trinajstić information content (AvgIpc) is 2.28. The summed E-state index contributed by atoms with van der Waals surface area (Å²) in [5, 5.41) is 7.00. The fourth-order valence-electron chi connectivity index (χ4n) is 1.84. The molecule has 0 amide bonds. The lowest BCUT2D eigenvalue weighted by molar-refractivity contribution is 0.160. The quantitative estimate of drug-likeness (QED) is 0.622. The van der Waals surface area contributed by atoms with Crippen molar-refractivity contribution in [2.75, 3.05) is 53.5 Å². The molecule has 1 saturated heterocycles. The molecular weight excluding hydrogens is 190 g/mol. The van der Waals surface area contributed by atoms with Gasteiger partial charge < -0.3 is 20.3 Å². The van der Waals surface area contributed by atoms with Crippen molar-refractivity contribution in [2.24, 2.45) is 0 Å². The Hall–Kier alpha value is -0.160. The molecule has 0 aliphatic carbocycles. The fraction of sp³-hybridized carbons (Fsp3) is 1.00. The number of methoxy groups -OCH3 is 1. The molecule has 1 heterocycles. The fourth-order valence-corrected chi connectivity index (χ4v) is 1.84. The molecule has 0 aromatic heterocycles. The van der Waals surface area contributed by atoms with Crippen LogP contribution < -0.4 is 10.6 Å². The molecule has 0 saturated carbocycles. The largest absolute Gasteiger partial charge is 0.383 e. The summed E-state index contributed by atoms with van der Waals surface area (Å²) in [5.74, 6) is 0. The van der Waals surface area contributed by atoms with E-state index in [1.54, 1.807) is 7.11 Å². The molecule has 0 aromatic rings. The van der Waals surface area contributed by atoms with Gasteiger partial charge in [-0.2, -0.15) is 0 Å². The topological polar surface area (TPSA) is 36.5 Å². The Morgan fingerprint density at radius 3 is 3.00 bits per heavy atom. The number of likely N-dealkylation sites (N-methyl/N-ethyl adjacent to an activating group) is 1. The Morgan fingerprint density at radius 2 is 2.33 bits per heavy atom. The number of nitrogens with one attached hydrogen (secondary N) is 2. The number of rotatable bonds is 7. The summed E-state index contributed by atoms with van der Waals surface area (Å²) in [6.07, 6.45) is 2.62. The van der Waals surface area contributed by atoms with Gasteiger partial charge in [0.2, 0.25) is 0 Å². The van der Waals surface area contributed by atoms with Gasteiger partial charge in [-0.25, -0.2) is 0 Å². The highest BCUT2D eigenvalue weighted by Crippen LogP contribution is 2.00. The van der Waals surface area contributed by atoms with Gasteiger partial charge in [0.25, 0.3) is 0 Å². The molecule has 4 heteroatoms. The van der Waals surface area contributed by atoms with Crippen LogP contribution >= 0.6 is 0 Å². The van der Waals surface area contributed by atoms with Crippen LogP contribution in [0.25, 0.3) is 0 Å². The molecule has 90 valence electrons. The van der Waals surface area contributed by atoms with Gasteiger partial charge in [-0.1, -0.05) is 0 Å². The molecule has 0 spiro atoms. The molecule has 0 aromatic carbocycles. The van der Waals surface area contributed by atoms with Crippen LogP contribution in [-0.2, 0) is 4.74 Å². The number of nitrogens with zero attached hydrogens (tertiary/aromatic N) is 1. The lowest BCUT2D eigenvalue weighted by Crippen LogP contribution is -2.45. The van der Waals surface area contributed by atoms with Crippen molar-refractivity contribution in [2.45, 2.75) is 18.9 Å². The van der Waals surface area contributed by atoms with Crippen molar-refractivity contribution < 1.29 is 4.74 Å². The first kappa shape index (κ1) is 12.9. The molecule has 0 bridgehead atoms. The van der Waals surface area contributed by atoms with Crippen molar-refractivity contribution >= 4 is 0 Å². The second-order valence-electron chi connectivity index (χ2n) is 4.29. The minimum absolute atomic E-state index is 0.676. The van der Waals surface area contributed by atoms with Gasteiger partial charge in [0.15, 0.2) is 0 Å². The molecule has 4 nitrogen and oxygen atoms in total. The highest BCUT2D eigenvalue weighted by molar-refractivity contribution is 4.75. The van der Waals surface area contributed by atoms with Crippen LogP contribution in [0.1, 0.15) is 12.8 Å². The molecule has 1 aliphatic rings. The molecule has 1 atom stereocenters. The van der Waals surface area contributed by atoms with Crippen molar-refractivity contribution in [1.82, 2.24) is 15.5 Å². The van der Waals surface area contributed by atoms with E-state index in [9.17, 15) is 0 Å². The second kappa shape index (κ2) is 8.05. The Kier molecular flexibility index (Phi) is 6.92. The van der Waals surface area contributed by atoms with Crippen molar-refractivity contribution in [3.63, 3.8) is 0 Å². The summed E-state index contributed by atoms with van der Waals surface area (Å²) in [6.45, 7) is 6.32. The van der Waals surface area contributed by atoms with Crippen LogP contribution in [0, 0.1) is 0 Å². The smallest absolute Gasteiger partial charge is 0.0589 e. The number of piperidine rings is 1. The second-order valence-corrected chi connectivity index (χ2v) is 4.29. The van der Waals surface area contributed by atoms with E-state index in [0.717, 1.165) is 32.8 Å². The van der Waals surface area contributed by atoms with E-state index in [2.05, 4.69) is 22.6 Å². The summed E-state index contributed by atoms with van der Waals surface area (Å²) in [6, 6.07) is 0.676. The number of hydrogen-bond acceptors (Lipinski definition) is 4. The van der Waals surface area contributed by atoms with Gasteiger partial charge in [-0.15, -0.1) is 0 Å². The Morgan fingerprint density at radius 1 is 1.47 bits per heavy atom. The van der Waals surface area contributed by atoms with Crippen molar-refractivity contribution in [1.29, 1.82) is 0 Å². The molecule has 0 radical (unpaired) electrons. The van der Waals surface area contributed by atoms with E-state index in [0.29, 0.717) is 6.04 Å². The molecule has 15 heavy (non-hydrogen) atoms. The van der Waals surface area contributed by atoms with E-state index < -0.39 is 0 Å². The van der Waals surface area contributed by atoms with Crippen LogP contribution in [0.2, 0.25) is 0 Å². The van der Waals surface area contributed by atoms with Gasteiger partial charge in [0, 0.05) is 39.3 Å². The minimum atomic E-state index is 0.676. The Bertz CT molecular complexity index is 149. The third-order valence-electron chi connectivity index (χ3n) is 2.90. The number of hydrogen-bond donors (Lipinski definition) is 2. The molecule has 1 unspecified atom stereocenters. The minimum Gasteiger partial charge on any atom is -0.383 e. The molecule has 1 aliphatic heterocycles. The molecular formula is C11H25N3O. The van der Waals surface area contributed by atoms with E-state index in [1.807, 2.05) is 0 Å². The zero-order valence-corrected chi connectivity index (χ0v) is 10.1. The summed E-state index contributed by atoms with van der Waals surface area (Å²) in [5.41, 5.74) is 0. The maximum atomic E-state index is 5.04. The predicted octanol–water partition coefficient (Wildman–Crippen LogP) is -0.0938. The van der Waals surface area contributed by atoms with Crippen LogP contribution in [0.5, 0.6) is 0 Å². The van der Waals surface area contributed by atoms with Crippen molar-refractivity contribution in [3.8, 4) is 0 Å². The third kappa shape index (κ3) is 6.10. The summed E-state index contributed by atoms with van der Waals surface area (Å²) in [7, 11) is 3.89. The first-order valence-electron chi connectivity index (χ1n) is 5.94. The van der Waals surface area contributed by atoms with E-state index >= 15 is 0 Å². The van der Waals surface area contributed by atoms with E-state index in [1.165, 1.54) is 19.4 Å². The zero-order chi connectivity index (χ0) is 10.9. The zero-order valence-electron chi connectivity index (χ0n) is 10.1. The van der Waals surface area contributed by atoms with E-state index in [-0.39, 0.29) is 0 Å². The monoisotopic (exact) mass is 215 g/mol. The molecule has 1 rings (SSSR count). The van der Waals surface area contributed by atoms with Crippen molar-refractivity contribution in [3.05, 3.63) is 0 Å². The number of ether oxygens (including phenoxy) is 1. The maximum absolute atomic E-state index is 5.04. The van der Waals surface area contributed by atoms with Crippen LogP contribution in [0.15, 0.2) is 0 Å². The van der Waals surface area contributed by atoms with Crippen LogP contribution in [-0.4, -0.2) is 64.4 Å². The van der Waals surface area contributed by atoms with Gasteiger partial charge in [0.05, 0.1) is 6.61 Å². The molecule has 2 N–H and O–H groups in total. The van der Waals surface area contributed by atoms with Crippen LogP contribution in [0.3, 0.4) is 0 Å². The van der Waals surface area contributed by atoms with Crippen LogP contribution in [0.4, 0.5) is 0 Å². The Labute approximate surface area is 93.4 Å². The summed E-state index contributed by atoms with van der Waals surface area (Å²) >= 11 is 0. The SMILES string of the molecule is COCCN(C)CCNC1CCCNC1. The molecule has 1 fully saturated rings. The average molecular weight is 215 g/mol. The maximum Gasteiger partial charge on any atom is 0.0589 e.